The lowest BCUT2D eigenvalue weighted by atomic mass is 10.2. The van der Waals surface area contributed by atoms with Crippen molar-refractivity contribution in [1.82, 2.24) is 19.9 Å². The first kappa shape index (κ1) is 23.1. The molecule has 0 unspecified atom stereocenters. The van der Waals surface area contributed by atoms with E-state index in [2.05, 4.69) is 25.3 Å². The van der Waals surface area contributed by atoms with Crippen molar-refractivity contribution in [1.29, 1.82) is 0 Å². The highest BCUT2D eigenvalue weighted by Gasteiger charge is 2.31. The average Bonchev–Trinajstić information content (AvgIpc) is 3.18. The van der Waals surface area contributed by atoms with Crippen molar-refractivity contribution in [2.45, 2.75) is 6.18 Å². The predicted octanol–water partition coefficient (Wildman–Crippen LogP) is 3.29. The molecule has 3 heterocycles. The van der Waals surface area contributed by atoms with Crippen LogP contribution in [0.1, 0.15) is 20.8 Å². The van der Waals surface area contributed by atoms with Crippen molar-refractivity contribution in [3.63, 3.8) is 0 Å². The number of nitrogens with zero attached hydrogens (tertiary/aromatic N) is 4. The Morgan fingerprint density at radius 3 is 2.41 bits per heavy atom. The first-order valence-corrected chi connectivity index (χ1v) is 9.66. The Morgan fingerprint density at radius 1 is 1.19 bits per heavy atom. The van der Waals surface area contributed by atoms with Gasteiger partial charge in [0.2, 0.25) is 11.8 Å². The average molecular weight is 467 g/mol. The summed E-state index contributed by atoms with van der Waals surface area (Å²) in [6, 6.07) is 2.06. The summed E-state index contributed by atoms with van der Waals surface area (Å²) in [4.78, 5) is 29.2. The number of halogens is 3. The van der Waals surface area contributed by atoms with Gasteiger partial charge in [0, 0.05) is 6.20 Å². The molecule has 0 bridgehead atoms. The molecule has 0 radical (unpaired) electrons. The van der Waals surface area contributed by atoms with Crippen molar-refractivity contribution >= 4 is 28.5 Å². The van der Waals surface area contributed by atoms with Gasteiger partial charge in [-0.1, -0.05) is 17.4 Å². The maximum absolute atomic E-state index is 12.8. The molecule has 0 saturated carbocycles. The molecule has 9 nitrogen and oxygen atoms in total. The number of pyridine rings is 1. The summed E-state index contributed by atoms with van der Waals surface area (Å²) in [5.41, 5.74) is -0.576. The molecule has 3 rings (SSSR count). The number of hydrogen-bond acceptors (Lipinski definition) is 9. The number of alkyl halides is 3. The number of thiazole rings is 1. The van der Waals surface area contributed by atoms with E-state index in [-0.39, 0.29) is 40.4 Å². The van der Waals surface area contributed by atoms with Crippen LogP contribution in [0.2, 0.25) is 0 Å². The summed E-state index contributed by atoms with van der Waals surface area (Å²) in [5.74, 6) is -0.704. The second kappa shape index (κ2) is 9.70. The number of aliphatic hydroxyl groups excluding tert-OH is 1. The molecular formula is C19H16F3N5O4S. The normalized spacial score (nSPS) is 11.6. The number of aliphatic hydroxyl groups is 1. The standard InChI is InChI=1S/C19H16F3N5O4S/c1-30-16-13(17(31-2)25-9-24-16)15(29)27-18-26-14(12(32-18)4-3-7-28)11-6-5-10(8-23-11)19(20,21)22/h3-6,8-9,28H,7H2,1-2H3,(H,26,27,29)/b4-3+. The summed E-state index contributed by atoms with van der Waals surface area (Å²) >= 11 is 1.03. The number of amides is 1. The number of ether oxygens (including phenoxy) is 2. The molecule has 0 saturated heterocycles. The van der Waals surface area contributed by atoms with Crippen molar-refractivity contribution in [2.24, 2.45) is 0 Å². The minimum atomic E-state index is -4.53. The van der Waals surface area contributed by atoms with Gasteiger partial charge >= 0.3 is 6.18 Å². The maximum Gasteiger partial charge on any atom is 0.417 e. The molecule has 0 aliphatic carbocycles. The lowest BCUT2D eigenvalue weighted by Gasteiger charge is -2.09. The molecule has 0 fully saturated rings. The maximum atomic E-state index is 12.8. The third-order valence-electron chi connectivity index (χ3n) is 3.97. The van der Waals surface area contributed by atoms with Gasteiger partial charge in [0.05, 0.1) is 37.0 Å². The summed E-state index contributed by atoms with van der Waals surface area (Å²) in [5, 5.41) is 11.8. The summed E-state index contributed by atoms with van der Waals surface area (Å²) in [7, 11) is 2.65. The number of hydrogen-bond donors (Lipinski definition) is 2. The topological polar surface area (TPSA) is 119 Å². The fourth-order valence-corrected chi connectivity index (χ4v) is 3.46. The highest BCUT2D eigenvalue weighted by Crippen LogP contribution is 2.34. The first-order valence-electron chi connectivity index (χ1n) is 8.84. The Bertz CT molecular complexity index is 1110. The van der Waals surface area contributed by atoms with E-state index < -0.39 is 17.6 Å². The van der Waals surface area contributed by atoms with Gasteiger partial charge in [-0.3, -0.25) is 15.1 Å². The molecule has 0 spiro atoms. The van der Waals surface area contributed by atoms with E-state index in [1.165, 1.54) is 38.8 Å². The number of rotatable bonds is 7. The van der Waals surface area contributed by atoms with Crippen LogP contribution in [0.25, 0.3) is 17.5 Å². The van der Waals surface area contributed by atoms with Gasteiger partial charge in [-0.05, 0) is 18.2 Å². The van der Waals surface area contributed by atoms with Crippen LogP contribution in [0.4, 0.5) is 18.3 Å². The Labute approximate surface area is 183 Å². The van der Waals surface area contributed by atoms with Crippen molar-refractivity contribution in [2.75, 3.05) is 26.1 Å². The van der Waals surface area contributed by atoms with Crippen LogP contribution in [0.3, 0.4) is 0 Å². The van der Waals surface area contributed by atoms with Gasteiger partial charge in [0.25, 0.3) is 5.91 Å². The lowest BCUT2D eigenvalue weighted by Crippen LogP contribution is -2.16. The van der Waals surface area contributed by atoms with Crippen LogP contribution >= 0.6 is 11.3 Å². The molecule has 0 aliphatic heterocycles. The highest BCUT2D eigenvalue weighted by molar-refractivity contribution is 7.17. The second-order valence-corrected chi connectivity index (χ2v) is 7.00. The molecule has 13 heteroatoms. The molecule has 0 aliphatic rings. The fraction of sp³-hybridized carbons (Fsp3) is 0.211. The minimum absolute atomic E-state index is 0.0177. The number of nitrogens with one attached hydrogen (secondary N) is 1. The highest BCUT2D eigenvalue weighted by atomic mass is 32.1. The number of carbonyl (C=O) groups is 1. The van der Waals surface area contributed by atoms with E-state index in [1.807, 2.05) is 0 Å². The number of methoxy groups -OCH3 is 2. The lowest BCUT2D eigenvalue weighted by molar-refractivity contribution is -0.137. The zero-order valence-corrected chi connectivity index (χ0v) is 17.5. The van der Waals surface area contributed by atoms with E-state index in [1.54, 1.807) is 0 Å². The third-order valence-corrected chi connectivity index (χ3v) is 4.91. The summed E-state index contributed by atoms with van der Waals surface area (Å²) in [6.45, 7) is -0.269. The molecule has 2 N–H and O–H groups in total. The van der Waals surface area contributed by atoms with E-state index in [0.717, 1.165) is 17.4 Å². The van der Waals surface area contributed by atoms with Crippen LogP contribution in [-0.2, 0) is 6.18 Å². The zero-order valence-electron chi connectivity index (χ0n) is 16.7. The van der Waals surface area contributed by atoms with Gasteiger partial charge in [0.1, 0.15) is 12.0 Å². The fourth-order valence-electron chi connectivity index (χ4n) is 2.56. The van der Waals surface area contributed by atoms with E-state index in [0.29, 0.717) is 11.1 Å². The molecule has 0 aromatic carbocycles. The third kappa shape index (κ3) is 5.00. The van der Waals surface area contributed by atoms with Crippen molar-refractivity contribution in [3.8, 4) is 23.1 Å². The quantitative estimate of drug-likeness (QED) is 0.543. The van der Waals surface area contributed by atoms with Gasteiger partial charge in [-0.15, -0.1) is 0 Å². The second-order valence-electron chi connectivity index (χ2n) is 5.97. The Hall–Kier alpha value is -3.58. The number of carbonyl (C=O) groups excluding carboxylic acids is 1. The number of aromatic nitrogens is 4. The van der Waals surface area contributed by atoms with Gasteiger partial charge in [0.15, 0.2) is 10.7 Å². The Morgan fingerprint density at radius 2 is 1.88 bits per heavy atom. The van der Waals surface area contributed by atoms with Crippen LogP contribution < -0.4 is 14.8 Å². The van der Waals surface area contributed by atoms with Crippen LogP contribution in [0.15, 0.2) is 30.7 Å². The minimum Gasteiger partial charge on any atom is -0.480 e. The molecule has 1 amide bonds. The largest absolute Gasteiger partial charge is 0.480 e. The predicted molar refractivity (Wildman–Crippen MR) is 110 cm³/mol. The van der Waals surface area contributed by atoms with E-state index in [9.17, 15) is 18.0 Å². The van der Waals surface area contributed by atoms with Gasteiger partial charge in [-0.2, -0.15) is 13.2 Å². The first-order chi connectivity index (χ1) is 15.3. The summed E-state index contributed by atoms with van der Waals surface area (Å²) < 4.78 is 48.7. The monoisotopic (exact) mass is 467 g/mol. The van der Waals surface area contributed by atoms with Crippen molar-refractivity contribution < 1.29 is 32.5 Å². The molecule has 168 valence electrons. The Balaban J connectivity index is 1.97. The van der Waals surface area contributed by atoms with Crippen LogP contribution in [0.5, 0.6) is 11.8 Å². The van der Waals surface area contributed by atoms with Crippen LogP contribution in [-0.4, -0.2) is 51.8 Å². The van der Waals surface area contributed by atoms with Crippen molar-refractivity contribution in [3.05, 3.63) is 46.7 Å². The van der Waals surface area contributed by atoms with Gasteiger partial charge < -0.3 is 14.6 Å². The van der Waals surface area contributed by atoms with Gasteiger partial charge in [-0.25, -0.2) is 15.0 Å². The molecular weight excluding hydrogens is 451 g/mol. The zero-order chi connectivity index (χ0) is 23.3. The Kier molecular flexibility index (Phi) is 7.00. The van der Waals surface area contributed by atoms with E-state index >= 15 is 0 Å². The smallest absolute Gasteiger partial charge is 0.417 e. The molecule has 3 aromatic heterocycles. The van der Waals surface area contributed by atoms with E-state index in [4.69, 9.17) is 14.6 Å². The summed E-state index contributed by atoms with van der Waals surface area (Å²) in [6.07, 6.45) is 0.286. The van der Waals surface area contributed by atoms with Crippen LogP contribution in [0, 0.1) is 0 Å². The number of anilines is 1. The molecule has 3 aromatic rings. The molecule has 32 heavy (non-hydrogen) atoms. The molecule has 0 atom stereocenters. The SMILES string of the molecule is COc1ncnc(OC)c1C(=O)Nc1nc(-c2ccc(C(F)(F)F)cn2)c(/C=C/CO)s1.